The summed E-state index contributed by atoms with van der Waals surface area (Å²) in [6.45, 7) is 9.19. The molecule has 2 unspecified atom stereocenters. The average Bonchev–Trinajstić information content (AvgIpc) is 2.63. The van der Waals surface area contributed by atoms with Crippen LogP contribution in [0.15, 0.2) is 6.07 Å². The number of nitrogens with zero attached hydrogens (tertiary/aromatic N) is 1. The predicted octanol–water partition coefficient (Wildman–Crippen LogP) is 3.04. The minimum atomic E-state index is -0.577. The van der Waals surface area contributed by atoms with E-state index in [0.29, 0.717) is 12.2 Å². The molecule has 0 aliphatic rings. The Hall–Kier alpha value is -1.29. The number of aromatic nitrogens is 1. The number of halogens is 1. The van der Waals surface area contributed by atoms with Gasteiger partial charge in [0.05, 0.1) is 12.0 Å². The van der Waals surface area contributed by atoms with Crippen molar-refractivity contribution in [2.45, 2.75) is 46.0 Å². The van der Waals surface area contributed by atoms with Gasteiger partial charge in [0, 0.05) is 17.0 Å². The fourth-order valence-electron chi connectivity index (χ4n) is 2.21. The van der Waals surface area contributed by atoms with Gasteiger partial charge in [0.2, 0.25) is 0 Å². The van der Waals surface area contributed by atoms with E-state index in [1.165, 1.54) is 0 Å². The van der Waals surface area contributed by atoms with Gasteiger partial charge in [-0.3, -0.25) is 4.79 Å². The number of ether oxygens (including phenoxy) is 1. The van der Waals surface area contributed by atoms with Crippen LogP contribution in [0.2, 0.25) is 0 Å². The molecule has 0 aliphatic heterocycles. The first-order valence-corrected chi connectivity index (χ1v) is 6.78. The Morgan fingerprint density at radius 2 is 1.95 bits per heavy atom. The highest BCUT2D eigenvalue weighted by Gasteiger charge is 2.24. The molecular weight excluding hydrogens is 266 g/mol. The van der Waals surface area contributed by atoms with Gasteiger partial charge in [0.1, 0.15) is 6.04 Å². The van der Waals surface area contributed by atoms with Crippen molar-refractivity contribution in [2.75, 3.05) is 6.61 Å². The SMILES string of the molecule is CCOC(=O)C(C)n1c(C)cc(C(=O)C(C)Cl)c1C. The smallest absolute Gasteiger partial charge is 0.328 e. The standard InChI is InChI=1S/C14H20ClNO3/c1-6-19-14(18)11(5)16-8(2)7-12(10(16)4)13(17)9(3)15/h7,9,11H,6H2,1-5H3. The molecule has 4 nitrogen and oxygen atoms in total. The van der Waals surface area contributed by atoms with E-state index in [0.717, 1.165) is 11.4 Å². The molecular formula is C14H20ClNO3. The zero-order chi connectivity index (χ0) is 14.7. The van der Waals surface area contributed by atoms with E-state index in [-0.39, 0.29) is 11.8 Å². The second-order valence-electron chi connectivity index (χ2n) is 4.56. The van der Waals surface area contributed by atoms with Crippen molar-refractivity contribution >= 4 is 23.4 Å². The summed E-state index contributed by atoms with van der Waals surface area (Å²) >= 11 is 5.84. The molecule has 0 saturated carbocycles. The zero-order valence-corrected chi connectivity index (χ0v) is 12.7. The van der Waals surface area contributed by atoms with Crippen molar-refractivity contribution in [3.05, 3.63) is 23.0 Å². The molecule has 0 fully saturated rings. The van der Waals surface area contributed by atoms with Crippen LogP contribution >= 0.6 is 11.6 Å². The van der Waals surface area contributed by atoms with Crippen LogP contribution < -0.4 is 0 Å². The molecule has 1 heterocycles. The first-order chi connectivity index (χ1) is 8.81. The van der Waals surface area contributed by atoms with Crippen LogP contribution in [0.4, 0.5) is 0 Å². The number of esters is 1. The molecule has 0 aliphatic carbocycles. The van der Waals surface area contributed by atoms with Crippen LogP contribution in [0.1, 0.15) is 48.6 Å². The molecule has 0 aromatic carbocycles. The van der Waals surface area contributed by atoms with Gasteiger partial charge in [-0.05, 0) is 40.7 Å². The van der Waals surface area contributed by atoms with Crippen molar-refractivity contribution in [3.63, 3.8) is 0 Å². The minimum absolute atomic E-state index is 0.128. The molecule has 1 aromatic rings. The van der Waals surface area contributed by atoms with Crippen LogP contribution in [0, 0.1) is 13.8 Å². The van der Waals surface area contributed by atoms with Crippen molar-refractivity contribution in [2.24, 2.45) is 0 Å². The molecule has 1 aromatic heterocycles. The Morgan fingerprint density at radius 1 is 1.37 bits per heavy atom. The van der Waals surface area contributed by atoms with E-state index in [9.17, 15) is 9.59 Å². The molecule has 0 N–H and O–H groups in total. The Morgan fingerprint density at radius 3 is 2.42 bits per heavy atom. The first-order valence-electron chi connectivity index (χ1n) is 6.34. The van der Waals surface area contributed by atoms with Crippen molar-refractivity contribution < 1.29 is 14.3 Å². The number of alkyl halides is 1. The first kappa shape index (κ1) is 15.8. The Kier molecular flexibility index (Phi) is 5.18. The molecule has 5 heteroatoms. The summed E-state index contributed by atoms with van der Waals surface area (Å²) in [4.78, 5) is 23.8. The number of aryl methyl sites for hydroxylation is 1. The quantitative estimate of drug-likeness (QED) is 0.475. The van der Waals surface area contributed by atoms with E-state index in [1.54, 1.807) is 26.8 Å². The second kappa shape index (κ2) is 6.24. The summed E-state index contributed by atoms with van der Waals surface area (Å²) < 4.78 is 6.82. The molecule has 0 radical (unpaired) electrons. The third-order valence-electron chi connectivity index (χ3n) is 3.13. The van der Waals surface area contributed by atoms with E-state index in [2.05, 4.69) is 0 Å². The highest BCUT2D eigenvalue weighted by atomic mass is 35.5. The summed E-state index contributed by atoms with van der Waals surface area (Å²) in [6, 6.07) is 1.32. The summed E-state index contributed by atoms with van der Waals surface area (Å²) in [5, 5.41) is -0.577. The summed E-state index contributed by atoms with van der Waals surface area (Å²) in [7, 11) is 0. The monoisotopic (exact) mass is 285 g/mol. The van der Waals surface area contributed by atoms with Gasteiger partial charge in [-0.1, -0.05) is 0 Å². The van der Waals surface area contributed by atoms with Gasteiger partial charge in [0.15, 0.2) is 5.78 Å². The van der Waals surface area contributed by atoms with Gasteiger partial charge in [-0.15, -0.1) is 11.6 Å². The van der Waals surface area contributed by atoms with Crippen LogP contribution in [0.3, 0.4) is 0 Å². The zero-order valence-electron chi connectivity index (χ0n) is 12.0. The minimum Gasteiger partial charge on any atom is -0.464 e. The number of rotatable bonds is 5. The lowest BCUT2D eigenvalue weighted by atomic mass is 10.1. The van der Waals surface area contributed by atoms with E-state index >= 15 is 0 Å². The normalized spacial score (nSPS) is 14.0. The molecule has 106 valence electrons. The molecule has 0 amide bonds. The van der Waals surface area contributed by atoms with Gasteiger partial charge >= 0.3 is 5.97 Å². The van der Waals surface area contributed by atoms with Gasteiger partial charge in [0.25, 0.3) is 0 Å². The Bertz CT molecular complexity index is 491. The summed E-state index contributed by atoms with van der Waals surface area (Å²) in [5.74, 6) is -0.431. The van der Waals surface area contributed by atoms with Crippen molar-refractivity contribution in [1.29, 1.82) is 0 Å². The molecule has 0 saturated heterocycles. The number of hydrogen-bond acceptors (Lipinski definition) is 3. The number of ketones is 1. The number of Topliss-reactive ketones (excluding diaryl/α,β-unsaturated/α-hetero) is 1. The fraction of sp³-hybridized carbons (Fsp3) is 0.571. The number of carbonyl (C=O) groups excluding carboxylic acids is 2. The van der Waals surface area contributed by atoms with E-state index in [1.807, 2.05) is 18.4 Å². The largest absolute Gasteiger partial charge is 0.464 e. The summed E-state index contributed by atoms with van der Waals surface area (Å²) in [6.07, 6.45) is 0. The topological polar surface area (TPSA) is 48.3 Å². The van der Waals surface area contributed by atoms with Crippen LogP contribution in [-0.4, -0.2) is 28.3 Å². The van der Waals surface area contributed by atoms with Crippen LogP contribution in [-0.2, 0) is 9.53 Å². The van der Waals surface area contributed by atoms with Crippen LogP contribution in [0.5, 0.6) is 0 Å². The molecule has 0 spiro atoms. The van der Waals surface area contributed by atoms with Gasteiger partial charge in [-0.2, -0.15) is 0 Å². The average molecular weight is 286 g/mol. The number of hydrogen-bond donors (Lipinski definition) is 0. The molecule has 0 bridgehead atoms. The van der Waals surface area contributed by atoms with E-state index in [4.69, 9.17) is 16.3 Å². The summed E-state index contributed by atoms with van der Waals surface area (Å²) in [5.41, 5.74) is 2.16. The number of carbonyl (C=O) groups is 2. The van der Waals surface area contributed by atoms with Crippen molar-refractivity contribution in [1.82, 2.24) is 4.57 Å². The third kappa shape index (κ3) is 3.18. The fourth-order valence-corrected chi connectivity index (χ4v) is 2.32. The lowest BCUT2D eigenvalue weighted by Gasteiger charge is -2.17. The third-order valence-corrected chi connectivity index (χ3v) is 3.32. The second-order valence-corrected chi connectivity index (χ2v) is 5.22. The molecule has 2 atom stereocenters. The Balaban J connectivity index is 3.17. The lowest BCUT2D eigenvalue weighted by Crippen LogP contribution is -2.21. The highest BCUT2D eigenvalue weighted by molar-refractivity contribution is 6.33. The van der Waals surface area contributed by atoms with Crippen molar-refractivity contribution in [3.8, 4) is 0 Å². The molecule has 19 heavy (non-hydrogen) atoms. The van der Waals surface area contributed by atoms with Gasteiger partial charge < -0.3 is 9.30 Å². The maximum atomic E-state index is 12.0. The maximum absolute atomic E-state index is 12.0. The van der Waals surface area contributed by atoms with E-state index < -0.39 is 11.4 Å². The Labute approximate surface area is 118 Å². The highest BCUT2D eigenvalue weighted by Crippen LogP contribution is 2.23. The predicted molar refractivity (Wildman–Crippen MR) is 74.9 cm³/mol. The van der Waals surface area contributed by atoms with Gasteiger partial charge in [-0.25, -0.2) is 4.79 Å². The molecule has 1 rings (SSSR count). The maximum Gasteiger partial charge on any atom is 0.328 e. The van der Waals surface area contributed by atoms with Crippen LogP contribution in [0.25, 0.3) is 0 Å². The lowest BCUT2D eigenvalue weighted by molar-refractivity contribution is -0.146.